The first-order valence-electron chi connectivity index (χ1n) is 1.28. The Bertz CT molecular complexity index is 163. The van der Waals surface area contributed by atoms with E-state index in [0.717, 1.165) is 0 Å². The third kappa shape index (κ3) is 556. The molecule has 0 saturated carbocycles. The molecular formula is Li4O7SSi. The summed E-state index contributed by atoms with van der Waals surface area (Å²) < 4.78 is 42.6. The van der Waals surface area contributed by atoms with E-state index in [4.69, 9.17) is 31.6 Å². The summed E-state index contributed by atoms with van der Waals surface area (Å²) in [5.41, 5.74) is 0. The fourth-order valence-electron chi connectivity index (χ4n) is 0. The van der Waals surface area contributed by atoms with Crippen molar-refractivity contribution in [2.45, 2.75) is 0 Å². The Kier molecular flexibility index (Phi) is 54.4. The molecule has 0 rings (SSSR count). The van der Waals surface area contributed by atoms with E-state index >= 15 is 0 Å². The van der Waals surface area contributed by atoms with E-state index in [0.29, 0.717) is 0 Å². The molecule has 0 atom stereocenters. The summed E-state index contributed by atoms with van der Waals surface area (Å²) in [7, 11) is -8.80. The summed E-state index contributed by atoms with van der Waals surface area (Å²) in [5, 5.41) is 0. The second kappa shape index (κ2) is 19.4. The average Bonchev–Trinajstić information content (AvgIpc) is 1.19. The van der Waals surface area contributed by atoms with Crippen molar-refractivity contribution in [1.82, 2.24) is 0 Å². The van der Waals surface area contributed by atoms with Crippen molar-refractivity contribution in [3.05, 3.63) is 0 Å². The van der Waals surface area contributed by atoms with Gasteiger partial charge in [-0.05, 0) is 0 Å². The number of hydrogen-bond acceptors (Lipinski definition) is 7. The molecule has 0 aromatic carbocycles. The molecule has 0 N–H and O–H groups in total. The second-order valence-corrected chi connectivity index (χ2v) is 1.97. The van der Waals surface area contributed by atoms with Crippen LogP contribution >= 0.6 is 0 Å². The molecule has 0 aliphatic rings. The first-order chi connectivity index (χ1) is 3.73. The van der Waals surface area contributed by atoms with E-state index in [1.807, 2.05) is 0 Å². The van der Waals surface area contributed by atoms with Gasteiger partial charge in [0.1, 0.15) is 0 Å². The molecule has 13 heavy (non-hydrogen) atoms. The van der Waals surface area contributed by atoms with Crippen molar-refractivity contribution in [2.24, 2.45) is 0 Å². The summed E-state index contributed by atoms with van der Waals surface area (Å²) in [6, 6.07) is 0. The van der Waals surface area contributed by atoms with E-state index in [1.165, 1.54) is 0 Å². The summed E-state index contributed by atoms with van der Waals surface area (Å²) in [4.78, 5) is 17.0. The molecule has 0 amide bonds. The zero-order valence-corrected chi connectivity index (χ0v) is 9.58. The number of hydrogen-bond donors (Lipinski definition) is 0. The fraction of sp³-hybridized carbons (Fsp3) is 0. The van der Waals surface area contributed by atoms with Crippen LogP contribution in [0.2, 0.25) is 0 Å². The van der Waals surface area contributed by atoms with Crippen LogP contribution in [-0.2, 0) is 14.9 Å². The molecule has 0 unspecified atom stereocenters. The molecule has 0 heterocycles. The zero-order valence-electron chi connectivity index (χ0n) is 7.77. The topological polar surface area (TPSA) is 143 Å². The summed E-state index contributed by atoms with van der Waals surface area (Å²) in [5.74, 6) is 0. The van der Waals surface area contributed by atoms with Crippen molar-refractivity contribution < 1.29 is 107 Å². The minimum atomic E-state index is -5.17. The Morgan fingerprint density at radius 2 is 0.846 bits per heavy atom. The molecule has 0 aromatic heterocycles. The van der Waals surface area contributed by atoms with Gasteiger partial charge in [-0.25, -0.2) is 0 Å². The van der Waals surface area contributed by atoms with Crippen LogP contribution < -0.4 is 85.0 Å². The first-order valence-corrected chi connectivity index (χ1v) is 3.84. The Balaban J connectivity index is -0.0000000146. The van der Waals surface area contributed by atoms with Crippen LogP contribution in [0.5, 0.6) is 0 Å². The Labute approximate surface area is 125 Å². The minimum absolute atomic E-state index is 0. The predicted molar refractivity (Wildman–Crippen MR) is 16.9 cm³/mol. The van der Waals surface area contributed by atoms with Gasteiger partial charge in [0, 0.05) is 19.6 Å². The van der Waals surface area contributed by atoms with Gasteiger partial charge in [-0.2, -0.15) is 0 Å². The maximum atomic E-state index is 8.52. The molecule has 0 aliphatic heterocycles. The van der Waals surface area contributed by atoms with Gasteiger partial charge in [0.15, 0.2) is 0 Å². The van der Waals surface area contributed by atoms with E-state index < -0.39 is 19.6 Å². The molecule has 0 spiro atoms. The molecule has 0 fully saturated rings. The van der Waals surface area contributed by atoms with Crippen LogP contribution in [0.1, 0.15) is 0 Å². The predicted octanol–water partition coefficient (Wildman–Crippen LogP) is -16.2. The van der Waals surface area contributed by atoms with Gasteiger partial charge in [0.05, 0.1) is 0 Å². The van der Waals surface area contributed by atoms with Crippen molar-refractivity contribution in [1.29, 1.82) is 0 Å². The summed E-state index contributed by atoms with van der Waals surface area (Å²) in [6.45, 7) is 0. The molecule has 0 saturated heterocycles. The largest absolute Gasteiger partial charge is 1.00 e. The number of rotatable bonds is 0. The van der Waals surface area contributed by atoms with Crippen molar-refractivity contribution in [2.75, 3.05) is 0 Å². The van der Waals surface area contributed by atoms with Crippen molar-refractivity contribution >= 4 is 19.6 Å². The summed E-state index contributed by atoms with van der Waals surface area (Å²) in [6.07, 6.45) is 0. The van der Waals surface area contributed by atoms with E-state index in [1.54, 1.807) is 0 Å². The van der Waals surface area contributed by atoms with E-state index in [9.17, 15) is 0 Å². The summed E-state index contributed by atoms with van der Waals surface area (Å²) >= 11 is 0. The van der Waals surface area contributed by atoms with Crippen LogP contribution in [0.15, 0.2) is 0 Å². The van der Waals surface area contributed by atoms with E-state index in [2.05, 4.69) is 0 Å². The van der Waals surface area contributed by atoms with Crippen LogP contribution in [-0.4, -0.2) is 26.7 Å². The molecule has 0 aromatic rings. The molecule has 0 radical (unpaired) electrons. The molecule has 13 heteroatoms. The Morgan fingerprint density at radius 1 is 0.846 bits per heavy atom. The molecule has 7 nitrogen and oxygen atoms in total. The maximum absolute atomic E-state index is 8.52. The second-order valence-electron chi connectivity index (χ2n) is 0.658. The van der Waals surface area contributed by atoms with Gasteiger partial charge in [-0.15, -0.1) is 0 Å². The third-order valence-electron chi connectivity index (χ3n) is 0. The first kappa shape index (κ1) is 36.4. The standard InChI is InChI=1S/4Li.H2O4S.O3Si/c;;;;1-5(2,3)4;1-4(2)3/h;;;;(H2,1,2,3,4);/q4*+1;;-2/p-2. The van der Waals surface area contributed by atoms with Crippen LogP contribution in [0.25, 0.3) is 0 Å². The zero-order chi connectivity index (χ0) is 8.08. The van der Waals surface area contributed by atoms with Crippen molar-refractivity contribution in [3.8, 4) is 0 Å². The molecular weight excluding hydrogens is 200 g/mol. The minimum Gasteiger partial charge on any atom is -0.759 e. The van der Waals surface area contributed by atoms with Crippen LogP contribution in [0.4, 0.5) is 0 Å². The van der Waals surface area contributed by atoms with Gasteiger partial charge in [-0.3, -0.25) is 8.42 Å². The third-order valence-corrected chi connectivity index (χ3v) is 0. The molecule has 0 bridgehead atoms. The van der Waals surface area contributed by atoms with Gasteiger partial charge in [-0.1, -0.05) is 0 Å². The Morgan fingerprint density at radius 3 is 0.846 bits per heavy atom. The van der Waals surface area contributed by atoms with Gasteiger partial charge < -0.3 is 23.2 Å². The maximum Gasteiger partial charge on any atom is 1.00 e. The van der Waals surface area contributed by atoms with Crippen LogP contribution in [0.3, 0.4) is 0 Å². The average molecular weight is 200 g/mol. The molecule has 0 aliphatic carbocycles. The SMILES string of the molecule is O=S(=O)([O-])[O-].O=[Si]([O-])[O-].[Li+].[Li+].[Li+].[Li+]. The van der Waals surface area contributed by atoms with Gasteiger partial charge in [0.25, 0.3) is 0 Å². The van der Waals surface area contributed by atoms with Gasteiger partial charge >= 0.3 is 75.4 Å². The van der Waals surface area contributed by atoms with Gasteiger partial charge in [0.2, 0.25) is 0 Å². The molecule has 56 valence electrons. The smallest absolute Gasteiger partial charge is 0.759 e. The quantitative estimate of drug-likeness (QED) is 0.214. The monoisotopic (exact) mass is 200 g/mol. The normalized spacial score (nSPS) is 6.31. The Hall–Kier alpha value is 1.88. The van der Waals surface area contributed by atoms with Crippen LogP contribution in [0, 0.1) is 0 Å². The fourth-order valence-corrected chi connectivity index (χ4v) is 0. The van der Waals surface area contributed by atoms with Crippen molar-refractivity contribution in [3.63, 3.8) is 0 Å². The van der Waals surface area contributed by atoms with E-state index in [-0.39, 0.29) is 75.4 Å².